The molecule has 2 aliphatic heterocycles. The van der Waals surface area contributed by atoms with E-state index in [4.69, 9.17) is 24.1 Å². The number of methoxy groups -OCH3 is 1. The summed E-state index contributed by atoms with van der Waals surface area (Å²) in [4.78, 5) is 22.6. The lowest BCUT2D eigenvalue weighted by atomic mass is 9.85. The smallest absolute Gasteiger partial charge is 0.430 e. The molecule has 0 saturated heterocycles. The van der Waals surface area contributed by atoms with Gasteiger partial charge < -0.3 is 24.1 Å². The molecule has 1 unspecified atom stereocenters. The van der Waals surface area contributed by atoms with Crippen molar-refractivity contribution >= 4 is 24.1 Å². The number of esters is 1. The van der Waals surface area contributed by atoms with Crippen LogP contribution in [0, 0.1) is 0 Å². The first-order chi connectivity index (χ1) is 17.8. The highest BCUT2D eigenvalue weighted by molar-refractivity contribution is 5.95. The van der Waals surface area contributed by atoms with Crippen molar-refractivity contribution in [3.05, 3.63) is 64.2 Å². The van der Waals surface area contributed by atoms with Crippen molar-refractivity contribution in [3.63, 3.8) is 0 Å². The maximum Gasteiger partial charge on any atom is 0.430 e. The first kappa shape index (κ1) is 28.6. The third-order valence-electron chi connectivity index (χ3n) is 5.69. The minimum atomic E-state index is -4.82. The van der Waals surface area contributed by atoms with E-state index in [0.717, 1.165) is 17.4 Å². The normalized spacial score (nSPS) is 16.2. The van der Waals surface area contributed by atoms with Gasteiger partial charge in [0.1, 0.15) is 23.9 Å². The van der Waals surface area contributed by atoms with Crippen LogP contribution in [-0.2, 0) is 19.7 Å². The topological polar surface area (TPSA) is 91.3 Å². The quantitative estimate of drug-likeness (QED) is 0.495. The summed E-state index contributed by atoms with van der Waals surface area (Å²) >= 11 is 0. The second-order valence-corrected chi connectivity index (χ2v) is 9.50. The number of aliphatic carboxylic acids is 1. The van der Waals surface area contributed by atoms with E-state index in [1.165, 1.54) is 19.2 Å². The molecule has 204 valence electrons. The number of para-hydroxylation sites is 1. The molecule has 0 aromatic heterocycles. The summed E-state index contributed by atoms with van der Waals surface area (Å²) in [7, 11) is 1.45. The van der Waals surface area contributed by atoms with Crippen LogP contribution in [0.5, 0.6) is 17.2 Å². The molecule has 0 fully saturated rings. The lowest BCUT2D eigenvalue weighted by Crippen LogP contribution is -2.40. The molecule has 2 aliphatic rings. The highest BCUT2D eigenvalue weighted by Gasteiger charge is 2.48. The Balaban J connectivity index is 0.000000230. The number of hydrogen-bond donors (Lipinski definition) is 1. The van der Waals surface area contributed by atoms with Gasteiger partial charge in [0.15, 0.2) is 0 Å². The average molecular weight is 535 g/mol. The van der Waals surface area contributed by atoms with Gasteiger partial charge in [-0.1, -0.05) is 39.0 Å². The summed E-state index contributed by atoms with van der Waals surface area (Å²) in [5.41, 5.74) is 1.17. The third-order valence-corrected chi connectivity index (χ3v) is 5.69. The number of rotatable bonds is 4. The molecule has 0 bridgehead atoms. The van der Waals surface area contributed by atoms with E-state index in [1.54, 1.807) is 6.92 Å². The minimum Gasteiger partial charge on any atom is -0.496 e. The summed E-state index contributed by atoms with van der Waals surface area (Å²) in [6.45, 7) is 8.13. The molecule has 0 amide bonds. The molecule has 4 rings (SSSR count). The Morgan fingerprint density at radius 2 is 1.74 bits per heavy atom. The number of hydrogen-bond acceptors (Lipinski definition) is 6. The molecule has 0 saturated carbocycles. The van der Waals surface area contributed by atoms with Crippen LogP contribution in [0.1, 0.15) is 44.4 Å². The van der Waals surface area contributed by atoms with Crippen LogP contribution in [0.2, 0.25) is 0 Å². The van der Waals surface area contributed by atoms with Gasteiger partial charge >= 0.3 is 18.1 Å². The van der Waals surface area contributed by atoms with Crippen molar-refractivity contribution in [3.8, 4) is 17.2 Å². The molecule has 1 atom stereocenters. The first-order valence-corrected chi connectivity index (χ1v) is 11.8. The Morgan fingerprint density at radius 3 is 2.32 bits per heavy atom. The standard InChI is InChI=1S/C16H17F3O4.C12H12O3/c1-15(2,3)10-7-11-8(6-12(10)22-4)5-9(14(20)21)13(23-11)16(17,18)19;1-2-14-12(13)10-7-9-5-3-4-6-11(9)15-8-10/h5-7,13H,1-4H3,(H,20,21);3-7H,2,8H2,1H3. The molecule has 0 radical (unpaired) electrons. The maximum atomic E-state index is 13.1. The zero-order valence-corrected chi connectivity index (χ0v) is 21.6. The SMILES string of the molecule is CCOC(=O)C1=Cc2ccccc2OC1.COc1cc2c(cc1C(C)(C)C)OC(C(F)(F)F)C(C(=O)O)=C2. The summed E-state index contributed by atoms with van der Waals surface area (Å²) in [5, 5.41) is 9.03. The molecular weight excluding hydrogens is 505 g/mol. The van der Waals surface area contributed by atoms with Crippen molar-refractivity contribution in [2.24, 2.45) is 0 Å². The third kappa shape index (κ3) is 6.48. The number of carboxylic acid groups (broad SMARTS) is 1. The van der Waals surface area contributed by atoms with Gasteiger partial charge in [-0.3, -0.25) is 0 Å². The fourth-order valence-electron chi connectivity index (χ4n) is 3.85. The number of fused-ring (bicyclic) bond motifs is 2. The van der Waals surface area contributed by atoms with E-state index in [0.29, 0.717) is 23.5 Å². The highest BCUT2D eigenvalue weighted by atomic mass is 19.4. The van der Waals surface area contributed by atoms with Gasteiger partial charge in [-0.05, 0) is 42.7 Å². The van der Waals surface area contributed by atoms with Crippen LogP contribution in [0.25, 0.3) is 12.2 Å². The van der Waals surface area contributed by atoms with Crippen LogP contribution in [0.4, 0.5) is 13.2 Å². The van der Waals surface area contributed by atoms with E-state index in [1.807, 2.05) is 51.1 Å². The summed E-state index contributed by atoms with van der Waals surface area (Å²) < 4.78 is 59.8. The number of alkyl halides is 3. The molecule has 1 N–H and O–H groups in total. The van der Waals surface area contributed by atoms with Gasteiger partial charge in [0.25, 0.3) is 0 Å². The van der Waals surface area contributed by atoms with Crippen LogP contribution in [0.15, 0.2) is 47.5 Å². The van der Waals surface area contributed by atoms with E-state index < -0.39 is 23.8 Å². The van der Waals surface area contributed by atoms with Gasteiger partial charge in [0.05, 0.1) is 24.9 Å². The van der Waals surface area contributed by atoms with Crippen molar-refractivity contribution in [1.29, 1.82) is 0 Å². The number of benzene rings is 2. The molecule has 2 aromatic rings. The Kier molecular flexibility index (Phi) is 8.44. The van der Waals surface area contributed by atoms with Gasteiger partial charge in [0.2, 0.25) is 6.10 Å². The molecule has 0 aliphatic carbocycles. The second kappa shape index (κ2) is 11.2. The van der Waals surface area contributed by atoms with E-state index >= 15 is 0 Å². The Hall–Kier alpha value is -3.95. The molecule has 0 spiro atoms. The lowest BCUT2D eigenvalue weighted by Gasteiger charge is -2.29. The van der Waals surface area contributed by atoms with Crippen LogP contribution >= 0.6 is 0 Å². The number of carboxylic acids is 1. The summed E-state index contributed by atoms with van der Waals surface area (Å²) in [6, 6.07) is 10.6. The predicted molar refractivity (Wildman–Crippen MR) is 134 cm³/mol. The number of ether oxygens (including phenoxy) is 4. The largest absolute Gasteiger partial charge is 0.496 e. The molecule has 2 aromatic carbocycles. The minimum absolute atomic E-state index is 0.0111. The molecular formula is C28H29F3O7. The maximum absolute atomic E-state index is 13.1. The van der Waals surface area contributed by atoms with Crippen molar-refractivity contribution in [2.45, 2.75) is 45.4 Å². The molecule has 38 heavy (non-hydrogen) atoms. The van der Waals surface area contributed by atoms with Gasteiger partial charge in [-0.2, -0.15) is 13.2 Å². The zero-order valence-electron chi connectivity index (χ0n) is 21.6. The van der Waals surface area contributed by atoms with Gasteiger partial charge in [-0.25, -0.2) is 9.59 Å². The first-order valence-electron chi connectivity index (χ1n) is 11.8. The number of carbonyl (C=O) groups is 2. The second-order valence-electron chi connectivity index (χ2n) is 9.50. The van der Waals surface area contributed by atoms with Crippen LogP contribution < -0.4 is 14.2 Å². The predicted octanol–water partition coefficient (Wildman–Crippen LogP) is 5.81. The Morgan fingerprint density at radius 1 is 1.05 bits per heavy atom. The van der Waals surface area contributed by atoms with Crippen molar-refractivity contribution in [2.75, 3.05) is 20.3 Å². The Bertz CT molecular complexity index is 1270. The van der Waals surface area contributed by atoms with Crippen molar-refractivity contribution < 1.29 is 46.8 Å². The zero-order chi connectivity index (χ0) is 28.3. The van der Waals surface area contributed by atoms with Crippen LogP contribution in [0.3, 0.4) is 0 Å². The van der Waals surface area contributed by atoms with Crippen LogP contribution in [-0.4, -0.2) is 49.6 Å². The fourth-order valence-corrected chi connectivity index (χ4v) is 3.85. The molecule has 2 heterocycles. The lowest BCUT2D eigenvalue weighted by molar-refractivity contribution is -0.187. The summed E-state index contributed by atoms with van der Waals surface area (Å²) in [6.07, 6.45) is -4.51. The summed E-state index contributed by atoms with van der Waals surface area (Å²) in [5.74, 6) is -0.705. The Labute approximate surface area is 218 Å². The number of halogens is 3. The molecule has 7 nitrogen and oxygen atoms in total. The van der Waals surface area contributed by atoms with Gasteiger partial charge in [0, 0.05) is 16.7 Å². The van der Waals surface area contributed by atoms with Gasteiger partial charge in [-0.15, -0.1) is 0 Å². The highest BCUT2D eigenvalue weighted by Crippen LogP contribution is 2.42. The van der Waals surface area contributed by atoms with Crippen molar-refractivity contribution in [1.82, 2.24) is 0 Å². The number of carbonyl (C=O) groups excluding carboxylic acids is 1. The fraction of sp³-hybridized carbons (Fsp3) is 0.357. The monoisotopic (exact) mass is 534 g/mol. The average Bonchev–Trinajstić information content (AvgIpc) is 2.86. The molecule has 10 heteroatoms. The van der Waals surface area contributed by atoms with E-state index in [9.17, 15) is 22.8 Å². The van der Waals surface area contributed by atoms with E-state index in [-0.39, 0.29) is 29.3 Å². The van der Waals surface area contributed by atoms with E-state index in [2.05, 4.69) is 0 Å².